The Bertz CT molecular complexity index is 1600. The van der Waals surface area contributed by atoms with Gasteiger partial charge in [0.15, 0.2) is 0 Å². The van der Waals surface area contributed by atoms with Crippen LogP contribution in [0, 0.1) is 5.82 Å². The van der Waals surface area contributed by atoms with Crippen molar-refractivity contribution in [2.75, 3.05) is 6.61 Å². The molecule has 3 aromatic carbocycles. The molecule has 1 saturated heterocycles. The quantitative estimate of drug-likeness (QED) is 0.312. The zero-order valence-corrected chi connectivity index (χ0v) is 21.2. The number of benzene rings is 3. The number of aromatic nitrogens is 2. The fraction of sp³-hybridized carbons (Fsp3) is 0.200. The van der Waals surface area contributed by atoms with Crippen molar-refractivity contribution in [1.29, 1.82) is 0 Å². The van der Waals surface area contributed by atoms with Crippen LogP contribution >= 0.6 is 0 Å². The second-order valence-corrected chi connectivity index (χ2v) is 9.14. The number of carbonyl (C=O) groups excluding carboxylic acids is 2. The van der Waals surface area contributed by atoms with Crippen molar-refractivity contribution in [3.05, 3.63) is 141 Å². The topological polar surface area (TPSA) is 106 Å². The zero-order valence-electron chi connectivity index (χ0n) is 21.2. The molecule has 10 heteroatoms. The van der Waals surface area contributed by atoms with Crippen molar-refractivity contribution >= 4 is 11.9 Å². The number of hydrogen-bond acceptors (Lipinski definition) is 7. The lowest BCUT2D eigenvalue weighted by Crippen LogP contribution is -2.46. The second-order valence-electron chi connectivity index (χ2n) is 9.14. The number of nitrogens with zero attached hydrogens (tertiary/aromatic N) is 2. The first-order chi connectivity index (χ1) is 19.4. The number of ether oxygens (including phenoxy) is 3. The third-order valence-electron chi connectivity index (χ3n) is 6.48. The molecule has 0 radical (unpaired) electrons. The summed E-state index contributed by atoms with van der Waals surface area (Å²) in [5, 5.41) is 0. The molecule has 204 valence electrons. The summed E-state index contributed by atoms with van der Waals surface area (Å²) in [5.41, 5.74) is -1.15. The van der Waals surface area contributed by atoms with Gasteiger partial charge < -0.3 is 14.2 Å². The van der Waals surface area contributed by atoms with E-state index in [1.165, 1.54) is 12.1 Å². The number of halogens is 1. The first-order valence-electron chi connectivity index (χ1n) is 12.6. The highest BCUT2D eigenvalue weighted by Crippen LogP contribution is 2.31. The third kappa shape index (κ3) is 5.83. The van der Waals surface area contributed by atoms with E-state index in [0.29, 0.717) is 5.56 Å². The summed E-state index contributed by atoms with van der Waals surface area (Å²) >= 11 is 0. The number of esters is 1. The Morgan fingerprint density at radius 3 is 2.12 bits per heavy atom. The molecule has 2 heterocycles. The van der Waals surface area contributed by atoms with Crippen LogP contribution in [-0.4, -0.2) is 39.8 Å². The fourth-order valence-electron chi connectivity index (χ4n) is 4.43. The molecule has 1 aliphatic rings. The van der Waals surface area contributed by atoms with Crippen molar-refractivity contribution in [2.24, 2.45) is 0 Å². The van der Waals surface area contributed by atoms with Gasteiger partial charge in [-0.15, -0.1) is 0 Å². The van der Waals surface area contributed by atoms with Gasteiger partial charge in [-0.3, -0.25) is 14.2 Å². The molecule has 1 aliphatic heterocycles. The van der Waals surface area contributed by atoms with E-state index in [-0.39, 0.29) is 29.8 Å². The lowest BCUT2D eigenvalue weighted by Gasteiger charge is -2.19. The van der Waals surface area contributed by atoms with Crippen LogP contribution in [0.15, 0.2) is 107 Å². The molecule has 0 saturated carbocycles. The Morgan fingerprint density at radius 1 is 0.875 bits per heavy atom. The Balaban J connectivity index is 1.41. The minimum absolute atomic E-state index is 0.0426. The summed E-state index contributed by atoms with van der Waals surface area (Å²) in [6.45, 7) is 0.00344. The SMILES string of the molecule is O=C(OC[C@H]1O[C@@H](n2cc(F)c(=O)n(C(=O)c3ccccc3)c2=O)C[C@@H]1OCc1ccccc1)c1ccccc1. The summed E-state index contributed by atoms with van der Waals surface area (Å²) < 4.78 is 33.4. The fourth-order valence-corrected chi connectivity index (χ4v) is 4.43. The molecule has 1 aromatic heterocycles. The first kappa shape index (κ1) is 26.9. The normalized spacial score (nSPS) is 18.4. The lowest BCUT2D eigenvalue weighted by molar-refractivity contribution is -0.0710. The van der Waals surface area contributed by atoms with Crippen molar-refractivity contribution in [1.82, 2.24) is 9.13 Å². The largest absolute Gasteiger partial charge is 0.459 e. The van der Waals surface area contributed by atoms with Gasteiger partial charge in [-0.05, 0) is 29.8 Å². The monoisotopic (exact) mass is 544 g/mol. The Labute approximate surface area is 228 Å². The molecular weight excluding hydrogens is 519 g/mol. The Kier molecular flexibility index (Phi) is 8.09. The van der Waals surface area contributed by atoms with Crippen LogP contribution in [-0.2, 0) is 20.8 Å². The molecule has 3 atom stereocenters. The summed E-state index contributed by atoms with van der Waals surface area (Å²) in [6, 6.07) is 25.4. The molecule has 0 spiro atoms. The molecule has 4 aromatic rings. The van der Waals surface area contributed by atoms with Gasteiger partial charge in [-0.25, -0.2) is 9.59 Å². The Hall–Kier alpha value is -4.67. The molecule has 0 aliphatic carbocycles. The van der Waals surface area contributed by atoms with Crippen LogP contribution in [0.5, 0.6) is 0 Å². The minimum atomic E-state index is -1.36. The molecular formula is C30H25FN2O7. The average molecular weight is 545 g/mol. The molecule has 0 unspecified atom stereocenters. The van der Waals surface area contributed by atoms with Crippen molar-refractivity contribution in [3.8, 4) is 0 Å². The average Bonchev–Trinajstić information content (AvgIpc) is 3.40. The van der Waals surface area contributed by atoms with Crippen LogP contribution < -0.4 is 11.2 Å². The van der Waals surface area contributed by atoms with E-state index >= 15 is 0 Å². The maximum Gasteiger partial charge on any atom is 0.340 e. The van der Waals surface area contributed by atoms with Crippen LogP contribution in [0.3, 0.4) is 0 Å². The van der Waals surface area contributed by atoms with Crippen molar-refractivity contribution < 1.29 is 28.2 Å². The van der Waals surface area contributed by atoms with E-state index in [9.17, 15) is 23.6 Å². The molecule has 9 nitrogen and oxygen atoms in total. The summed E-state index contributed by atoms with van der Waals surface area (Å²) in [4.78, 5) is 51.3. The van der Waals surface area contributed by atoms with Gasteiger partial charge >= 0.3 is 11.7 Å². The van der Waals surface area contributed by atoms with Gasteiger partial charge in [0, 0.05) is 12.0 Å². The molecule has 0 bridgehead atoms. The second kappa shape index (κ2) is 12.0. The van der Waals surface area contributed by atoms with E-state index in [1.807, 2.05) is 30.3 Å². The predicted octanol–water partition coefficient (Wildman–Crippen LogP) is 3.57. The van der Waals surface area contributed by atoms with Gasteiger partial charge in [0.25, 0.3) is 11.5 Å². The van der Waals surface area contributed by atoms with Gasteiger partial charge in [-0.1, -0.05) is 66.7 Å². The third-order valence-corrected chi connectivity index (χ3v) is 6.48. The molecule has 0 amide bonds. The van der Waals surface area contributed by atoms with E-state index in [1.54, 1.807) is 48.5 Å². The molecule has 0 N–H and O–H groups in total. The number of rotatable bonds is 8. The lowest BCUT2D eigenvalue weighted by atomic mass is 10.1. The highest BCUT2D eigenvalue weighted by Gasteiger charge is 2.39. The first-order valence-corrected chi connectivity index (χ1v) is 12.6. The van der Waals surface area contributed by atoms with E-state index in [4.69, 9.17) is 14.2 Å². The van der Waals surface area contributed by atoms with Crippen LogP contribution in [0.25, 0.3) is 0 Å². The number of hydrogen-bond donors (Lipinski definition) is 0. The highest BCUT2D eigenvalue weighted by molar-refractivity contribution is 5.95. The van der Waals surface area contributed by atoms with E-state index in [2.05, 4.69) is 0 Å². The van der Waals surface area contributed by atoms with E-state index < -0.39 is 47.4 Å². The standard InChI is InChI=1S/C30H25FN2O7/c31-23-17-32(30(37)33(28(23)35)27(34)21-12-6-2-7-13-21)26-16-24(38-18-20-10-4-1-5-11-20)25(40-26)19-39-29(36)22-14-8-3-9-15-22/h1-15,17,24-26H,16,18-19H2/t24-,25+,26+/m0/s1. The summed E-state index contributed by atoms with van der Waals surface area (Å²) in [7, 11) is 0. The maximum atomic E-state index is 14.8. The van der Waals surface area contributed by atoms with Gasteiger partial charge in [-0.2, -0.15) is 8.96 Å². The van der Waals surface area contributed by atoms with Crippen LogP contribution in [0.4, 0.5) is 4.39 Å². The predicted molar refractivity (Wildman–Crippen MR) is 141 cm³/mol. The van der Waals surface area contributed by atoms with Gasteiger partial charge in [0.1, 0.15) is 18.9 Å². The molecule has 5 rings (SSSR count). The van der Waals surface area contributed by atoms with Crippen molar-refractivity contribution in [2.45, 2.75) is 31.5 Å². The molecule has 1 fully saturated rings. The maximum absolute atomic E-state index is 14.8. The van der Waals surface area contributed by atoms with Crippen LogP contribution in [0.2, 0.25) is 0 Å². The smallest absolute Gasteiger partial charge is 0.340 e. The van der Waals surface area contributed by atoms with E-state index in [0.717, 1.165) is 16.3 Å². The van der Waals surface area contributed by atoms with Crippen molar-refractivity contribution in [3.63, 3.8) is 0 Å². The molecule has 40 heavy (non-hydrogen) atoms. The number of carbonyl (C=O) groups is 2. The van der Waals surface area contributed by atoms with Gasteiger partial charge in [0.05, 0.1) is 24.5 Å². The Morgan fingerprint density at radius 2 is 1.48 bits per heavy atom. The minimum Gasteiger partial charge on any atom is -0.459 e. The van der Waals surface area contributed by atoms with Gasteiger partial charge in [0.2, 0.25) is 5.82 Å². The zero-order chi connectivity index (χ0) is 28.1. The summed E-state index contributed by atoms with van der Waals surface area (Å²) in [6.07, 6.45) is -1.79. The van der Waals surface area contributed by atoms with Crippen LogP contribution in [0.1, 0.15) is 38.9 Å². The highest BCUT2D eigenvalue weighted by atomic mass is 19.1. The summed E-state index contributed by atoms with van der Waals surface area (Å²) in [5.74, 6) is -2.83.